The van der Waals surface area contributed by atoms with Crippen molar-refractivity contribution in [2.75, 3.05) is 5.32 Å². The first-order valence-electron chi connectivity index (χ1n) is 8.58. The van der Waals surface area contributed by atoms with Crippen LogP contribution in [0.2, 0.25) is 0 Å². The highest BCUT2D eigenvalue weighted by atomic mass is 32.1. The zero-order valence-electron chi connectivity index (χ0n) is 15.4. The number of hydrogen-bond donors (Lipinski definition) is 1. The van der Waals surface area contributed by atoms with E-state index in [0.717, 1.165) is 15.9 Å². The normalized spacial score (nSPS) is 11.1. The van der Waals surface area contributed by atoms with Gasteiger partial charge in [0.1, 0.15) is 22.8 Å². The van der Waals surface area contributed by atoms with E-state index in [1.807, 2.05) is 0 Å². The number of hydrogen-bond acceptors (Lipinski definition) is 6. The highest BCUT2D eigenvalue weighted by Gasteiger charge is 2.18. The summed E-state index contributed by atoms with van der Waals surface area (Å²) in [4.78, 5) is 38.4. The van der Waals surface area contributed by atoms with Crippen LogP contribution in [0.25, 0.3) is 15.9 Å². The Labute approximate surface area is 166 Å². The number of fused-ring (bicyclic) bond motifs is 1. The van der Waals surface area contributed by atoms with Gasteiger partial charge in [0.2, 0.25) is 5.91 Å². The Balaban J connectivity index is 1.82. The van der Waals surface area contributed by atoms with Crippen LogP contribution in [0.1, 0.15) is 11.3 Å². The summed E-state index contributed by atoms with van der Waals surface area (Å²) < 4.78 is 21.0. The van der Waals surface area contributed by atoms with Crippen LogP contribution in [0, 0.1) is 19.7 Å². The Morgan fingerprint density at radius 2 is 2.03 bits per heavy atom. The van der Waals surface area contributed by atoms with E-state index < -0.39 is 23.0 Å². The Bertz CT molecular complexity index is 1360. The van der Waals surface area contributed by atoms with Gasteiger partial charge in [-0.2, -0.15) is 0 Å². The fourth-order valence-electron chi connectivity index (χ4n) is 2.99. The molecule has 1 aromatic carbocycles. The summed E-state index contributed by atoms with van der Waals surface area (Å²) >= 11 is 1.16. The predicted octanol–water partition coefficient (Wildman–Crippen LogP) is 2.60. The van der Waals surface area contributed by atoms with Crippen LogP contribution in [0.4, 0.5) is 10.2 Å². The van der Waals surface area contributed by atoms with Gasteiger partial charge in [-0.1, -0.05) is 5.16 Å². The molecule has 8 nitrogen and oxygen atoms in total. The second-order valence-electron chi connectivity index (χ2n) is 6.45. The molecule has 0 fully saturated rings. The number of benzene rings is 1. The highest BCUT2D eigenvalue weighted by Crippen LogP contribution is 2.18. The van der Waals surface area contributed by atoms with Crippen molar-refractivity contribution < 1.29 is 13.7 Å². The van der Waals surface area contributed by atoms with E-state index in [2.05, 4.69) is 10.5 Å². The fourth-order valence-corrected chi connectivity index (χ4v) is 3.81. The molecule has 0 unspecified atom stereocenters. The second kappa shape index (κ2) is 7.13. The first kappa shape index (κ1) is 18.8. The quantitative estimate of drug-likeness (QED) is 0.553. The van der Waals surface area contributed by atoms with Crippen molar-refractivity contribution in [3.05, 3.63) is 73.7 Å². The molecule has 4 rings (SSSR count). The second-order valence-corrected chi connectivity index (χ2v) is 7.36. The smallest absolute Gasteiger partial charge is 0.336 e. The molecule has 10 heteroatoms. The molecule has 0 aliphatic rings. The fraction of sp³-hybridized carbons (Fsp3) is 0.158. The third kappa shape index (κ3) is 3.38. The van der Waals surface area contributed by atoms with Gasteiger partial charge in [0.25, 0.3) is 5.56 Å². The van der Waals surface area contributed by atoms with E-state index in [0.29, 0.717) is 21.5 Å². The lowest BCUT2D eigenvalue weighted by atomic mass is 10.2. The van der Waals surface area contributed by atoms with E-state index in [1.54, 1.807) is 31.4 Å². The van der Waals surface area contributed by atoms with Gasteiger partial charge in [0.15, 0.2) is 5.82 Å². The monoisotopic (exact) mass is 414 g/mol. The summed E-state index contributed by atoms with van der Waals surface area (Å²) in [5.41, 5.74) is -0.332. The molecule has 0 saturated heterocycles. The minimum atomic E-state index is -0.696. The number of nitrogens with zero attached hydrogens (tertiary/aromatic N) is 3. The maximum atomic E-state index is 13.6. The zero-order chi connectivity index (χ0) is 20.7. The van der Waals surface area contributed by atoms with Gasteiger partial charge in [0.05, 0.1) is 11.2 Å². The van der Waals surface area contributed by atoms with Crippen molar-refractivity contribution in [2.24, 2.45) is 0 Å². The zero-order valence-corrected chi connectivity index (χ0v) is 16.2. The third-order valence-electron chi connectivity index (χ3n) is 4.35. The van der Waals surface area contributed by atoms with Crippen LogP contribution >= 0.6 is 11.3 Å². The summed E-state index contributed by atoms with van der Waals surface area (Å²) in [6, 6.07) is 7.12. The molecule has 0 spiro atoms. The van der Waals surface area contributed by atoms with E-state index in [1.165, 1.54) is 22.8 Å². The molecule has 0 saturated carbocycles. The van der Waals surface area contributed by atoms with Gasteiger partial charge in [-0.25, -0.2) is 13.8 Å². The van der Waals surface area contributed by atoms with Gasteiger partial charge in [-0.05, 0) is 49.1 Å². The Morgan fingerprint density at radius 3 is 2.72 bits per heavy atom. The number of thiophene rings is 1. The van der Waals surface area contributed by atoms with Crippen LogP contribution in [-0.4, -0.2) is 20.2 Å². The Hall–Kier alpha value is -3.53. The molecular formula is C19H15FN4O4S. The topological polar surface area (TPSA) is 99.1 Å². The molecule has 0 radical (unpaired) electrons. The molecular weight excluding hydrogens is 399 g/mol. The van der Waals surface area contributed by atoms with Crippen LogP contribution in [0.15, 0.2) is 49.8 Å². The number of aryl methyl sites for hydroxylation is 2. The SMILES string of the molecule is Cc1cc(NC(=O)Cn2c(=O)n(-c3ccc(F)c(C)c3)c(=O)c3sccc32)no1. The maximum absolute atomic E-state index is 13.6. The molecule has 3 heterocycles. The molecule has 3 aromatic heterocycles. The molecule has 0 aliphatic carbocycles. The van der Waals surface area contributed by atoms with E-state index in [4.69, 9.17) is 4.52 Å². The molecule has 4 aromatic rings. The van der Waals surface area contributed by atoms with Gasteiger partial charge in [0, 0.05) is 6.07 Å². The maximum Gasteiger partial charge on any atom is 0.336 e. The van der Waals surface area contributed by atoms with Crippen molar-refractivity contribution in [3.8, 4) is 5.69 Å². The summed E-state index contributed by atoms with van der Waals surface area (Å²) in [6.07, 6.45) is 0. The molecule has 0 atom stereocenters. The Kier molecular flexibility index (Phi) is 4.63. The lowest BCUT2D eigenvalue weighted by Crippen LogP contribution is -2.40. The first-order valence-corrected chi connectivity index (χ1v) is 9.46. The average Bonchev–Trinajstić information content (AvgIpc) is 3.31. The molecule has 0 aliphatic heterocycles. The van der Waals surface area contributed by atoms with E-state index in [-0.39, 0.29) is 18.1 Å². The van der Waals surface area contributed by atoms with Crippen molar-refractivity contribution in [2.45, 2.75) is 20.4 Å². The number of anilines is 1. The largest absolute Gasteiger partial charge is 0.360 e. The summed E-state index contributed by atoms with van der Waals surface area (Å²) in [5.74, 6) is -0.197. The first-order chi connectivity index (χ1) is 13.8. The molecule has 148 valence electrons. The van der Waals surface area contributed by atoms with Crippen LogP contribution in [0.5, 0.6) is 0 Å². The van der Waals surface area contributed by atoms with Crippen molar-refractivity contribution >= 4 is 33.3 Å². The number of nitrogens with one attached hydrogen (secondary N) is 1. The minimum absolute atomic E-state index is 0.226. The molecule has 29 heavy (non-hydrogen) atoms. The summed E-state index contributed by atoms with van der Waals surface area (Å²) in [6.45, 7) is 2.89. The lowest BCUT2D eigenvalue weighted by molar-refractivity contribution is -0.116. The van der Waals surface area contributed by atoms with Gasteiger partial charge in [-0.3, -0.25) is 14.2 Å². The lowest BCUT2D eigenvalue weighted by Gasteiger charge is -2.12. The number of amides is 1. The van der Waals surface area contributed by atoms with Gasteiger partial charge >= 0.3 is 5.69 Å². The predicted molar refractivity (Wildman–Crippen MR) is 106 cm³/mol. The van der Waals surface area contributed by atoms with E-state index in [9.17, 15) is 18.8 Å². The molecule has 0 bridgehead atoms. The Morgan fingerprint density at radius 1 is 1.24 bits per heavy atom. The van der Waals surface area contributed by atoms with Crippen LogP contribution < -0.4 is 16.6 Å². The number of carbonyl (C=O) groups excluding carboxylic acids is 1. The number of halogens is 1. The molecule has 1 N–H and O–H groups in total. The van der Waals surface area contributed by atoms with Gasteiger partial charge in [-0.15, -0.1) is 11.3 Å². The highest BCUT2D eigenvalue weighted by molar-refractivity contribution is 7.17. The minimum Gasteiger partial charge on any atom is -0.360 e. The third-order valence-corrected chi connectivity index (χ3v) is 5.24. The van der Waals surface area contributed by atoms with Crippen molar-refractivity contribution in [1.82, 2.24) is 14.3 Å². The van der Waals surface area contributed by atoms with Gasteiger partial charge < -0.3 is 9.84 Å². The number of aromatic nitrogens is 3. The number of rotatable bonds is 4. The van der Waals surface area contributed by atoms with Crippen molar-refractivity contribution in [1.29, 1.82) is 0 Å². The number of carbonyl (C=O) groups is 1. The van der Waals surface area contributed by atoms with Crippen LogP contribution in [-0.2, 0) is 11.3 Å². The summed E-state index contributed by atoms with van der Waals surface area (Å²) in [7, 11) is 0. The standard InChI is InChI=1S/C19H15FN4O4S/c1-10-7-12(3-4-13(10)20)24-18(26)17-14(5-6-29-17)23(19(24)27)9-16(25)21-15-8-11(2)28-22-15/h3-8H,9H2,1-2H3,(H,21,22,25). The van der Waals surface area contributed by atoms with E-state index >= 15 is 0 Å². The average molecular weight is 414 g/mol. The summed E-state index contributed by atoms with van der Waals surface area (Å²) in [5, 5.41) is 7.90. The van der Waals surface area contributed by atoms with Crippen LogP contribution in [0.3, 0.4) is 0 Å². The van der Waals surface area contributed by atoms with Crippen molar-refractivity contribution in [3.63, 3.8) is 0 Å². The molecule has 1 amide bonds.